The van der Waals surface area contributed by atoms with Crippen LogP contribution in [0.1, 0.15) is 24.0 Å². The van der Waals surface area contributed by atoms with Crippen molar-refractivity contribution in [2.24, 2.45) is 11.8 Å². The lowest BCUT2D eigenvalue weighted by Gasteiger charge is -2.36. The van der Waals surface area contributed by atoms with E-state index in [9.17, 15) is 9.59 Å². The fraction of sp³-hybridized carbons (Fsp3) is 0.556. The number of amides is 2. The smallest absolute Gasteiger partial charge is 0.228 e. The Kier molecular flexibility index (Phi) is 6.63. The van der Waals surface area contributed by atoms with Crippen LogP contribution in [0, 0.1) is 18.8 Å². The lowest BCUT2D eigenvalue weighted by Crippen LogP contribution is -2.54. The summed E-state index contributed by atoms with van der Waals surface area (Å²) in [7, 11) is 0. The minimum absolute atomic E-state index is 0. The van der Waals surface area contributed by atoms with Gasteiger partial charge in [-0.1, -0.05) is 29.8 Å². The molecule has 3 rings (SSSR count). The number of carbonyl (C=O) groups is 2. The zero-order valence-corrected chi connectivity index (χ0v) is 14.9. The molecule has 0 atom stereocenters. The van der Waals surface area contributed by atoms with E-state index in [0.29, 0.717) is 19.6 Å². The van der Waals surface area contributed by atoms with E-state index in [1.54, 1.807) is 0 Å². The lowest BCUT2D eigenvalue weighted by atomic mass is 9.93. The molecule has 0 bridgehead atoms. The van der Waals surface area contributed by atoms with E-state index in [0.717, 1.165) is 31.5 Å². The summed E-state index contributed by atoms with van der Waals surface area (Å²) in [6.07, 6.45) is 1.54. The van der Waals surface area contributed by atoms with Crippen molar-refractivity contribution in [2.75, 3.05) is 26.2 Å². The Hall–Kier alpha value is -1.59. The predicted molar refractivity (Wildman–Crippen MR) is 95.9 cm³/mol. The van der Waals surface area contributed by atoms with E-state index in [2.05, 4.69) is 29.7 Å². The molecular formula is C18H26ClN3O2. The second kappa shape index (κ2) is 8.49. The summed E-state index contributed by atoms with van der Waals surface area (Å²) in [4.78, 5) is 26.4. The first-order valence-corrected chi connectivity index (χ1v) is 8.46. The van der Waals surface area contributed by atoms with Gasteiger partial charge < -0.3 is 15.5 Å². The normalized spacial score (nSPS) is 18.5. The number of nitrogens with zero attached hydrogens (tertiary/aromatic N) is 1. The molecule has 2 saturated heterocycles. The van der Waals surface area contributed by atoms with Gasteiger partial charge in [-0.15, -0.1) is 12.4 Å². The number of nitrogens with one attached hydrogen (secondary N) is 2. The van der Waals surface area contributed by atoms with Gasteiger partial charge in [-0.05, 0) is 25.3 Å². The fourth-order valence-electron chi connectivity index (χ4n) is 3.12. The summed E-state index contributed by atoms with van der Waals surface area (Å²) in [6.45, 7) is 5.64. The summed E-state index contributed by atoms with van der Waals surface area (Å²) in [5.74, 6) is 0.552. The van der Waals surface area contributed by atoms with Crippen LogP contribution in [-0.4, -0.2) is 42.9 Å². The van der Waals surface area contributed by atoms with E-state index in [1.807, 2.05) is 17.0 Å². The molecule has 0 saturated carbocycles. The highest BCUT2D eigenvalue weighted by Crippen LogP contribution is 2.20. The van der Waals surface area contributed by atoms with Gasteiger partial charge in [-0.2, -0.15) is 0 Å². The predicted octanol–water partition coefficient (Wildman–Crippen LogP) is 1.49. The lowest BCUT2D eigenvalue weighted by molar-refractivity contribution is -0.140. The van der Waals surface area contributed by atoms with Gasteiger partial charge in [0.15, 0.2) is 0 Å². The number of hydrogen-bond donors (Lipinski definition) is 2. The van der Waals surface area contributed by atoms with Gasteiger partial charge in [0.25, 0.3) is 0 Å². The molecule has 1 aromatic carbocycles. The van der Waals surface area contributed by atoms with Gasteiger partial charge in [0, 0.05) is 38.6 Å². The van der Waals surface area contributed by atoms with Crippen molar-refractivity contribution >= 4 is 24.2 Å². The highest BCUT2D eigenvalue weighted by molar-refractivity contribution is 5.85. The number of likely N-dealkylation sites (tertiary alicyclic amines) is 1. The number of benzene rings is 1. The monoisotopic (exact) mass is 351 g/mol. The first-order chi connectivity index (χ1) is 11.1. The van der Waals surface area contributed by atoms with Crippen LogP contribution in [0.3, 0.4) is 0 Å². The van der Waals surface area contributed by atoms with E-state index in [-0.39, 0.29) is 36.1 Å². The molecule has 24 heavy (non-hydrogen) atoms. The van der Waals surface area contributed by atoms with Crippen LogP contribution in [0.15, 0.2) is 24.3 Å². The quantitative estimate of drug-likeness (QED) is 0.864. The maximum absolute atomic E-state index is 12.3. The first kappa shape index (κ1) is 18.7. The molecule has 0 unspecified atom stereocenters. The molecule has 0 aliphatic carbocycles. The summed E-state index contributed by atoms with van der Waals surface area (Å²) >= 11 is 0. The minimum atomic E-state index is 0. The molecule has 5 nitrogen and oxygen atoms in total. The first-order valence-electron chi connectivity index (χ1n) is 8.46. The van der Waals surface area contributed by atoms with Crippen LogP contribution >= 0.6 is 12.4 Å². The van der Waals surface area contributed by atoms with Crippen LogP contribution in [0.25, 0.3) is 0 Å². The van der Waals surface area contributed by atoms with Crippen molar-refractivity contribution in [3.63, 3.8) is 0 Å². The van der Waals surface area contributed by atoms with Crippen molar-refractivity contribution in [3.05, 3.63) is 35.4 Å². The molecule has 2 aliphatic heterocycles. The highest BCUT2D eigenvalue weighted by atomic mass is 35.5. The van der Waals surface area contributed by atoms with Gasteiger partial charge in [0.05, 0.1) is 5.92 Å². The summed E-state index contributed by atoms with van der Waals surface area (Å²) in [5, 5.41) is 6.16. The van der Waals surface area contributed by atoms with E-state index >= 15 is 0 Å². The van der Waals surface area contributed by atoms with Gasteiger partial charge in [-0.3, -0.25) is 9.59 Å². The number of halogens is 1. The Balaban J connectivity index is 0.00000208. The standard InChI is InChI=1S/C18H25N3O2.ClH/c1-13-2-4-14(5-3-13)10-20-17(22)15-6-8-21(9-7-15)18(23)16-11-19-12-16;/h2-5,15-16,19H,6-12H2,1H3,(H,20,22);1H. The van der Waals surface area contributed by atoms with Gasteiger partial charge in [0.1, 0.15) is 0 Å². The number of carbonyl (C=O) groups excluding carboxylic acids is 2. The molecule has 2 amide bonds. The Morgan fingerprint density at radius 2 is 1.75 bits per heavy atom. The second-order valence-corrected chi connectivity index (χ2v) is 6.66. The van der Waals surface area contributed by atoms with E-state index in [4.69, 9.17) is 0 Å². The SMILES string of the molecule is Cc1ccc(CNC(=O)C2CCN(C(=O)C3CNC3)CC2)cc1.Cl. The average Bonchev–Trinajstić information content (AvgIpc) is 2.52. The molecule has 0 aromatic heterocycles. The van der Waals surface area contributed by atoms with Crippen LogP contribution in [0.2, 0.25) is 0 Å². The Morgan fingerprint density at radius 3 is 2.29 bits per heavy atom. The van der Waals surface area contributed by atoms with E-state index in [1.165, 1.54) is 5.56 Å². The third kappa shape index (κ3) is 4.48. The van der Waals surface area contributed by atoms with Crippen LogP contribution in [0.5, 0.6) is 0 Å². The third-order valence-electron chi connectivity index (χ3n) is 4.90. The van der Waals surface area contributed by atoms with Gasteiger partial charge in [0.2, 0.25) is 11.8 Å². The Bertz CT molecular complexity index is 564. The number of aryl methyl sites for hydroxylation is 1. The zero-order valence-electron chi connectivity index (χ0n) is 14.1. The number of hydrogen-bond acceptors (Lipinski definition) is 3. The molecule has 0 spiro atoms. The highest BCUT2D eigenvalue weighted by Gasteiger charge is 2.33. The molecule has 0 radical (unpaired) electrons. The van der Waals surface area contributed by atoms with Crippen LogP contribution in [0.4, 0.5) is 0 Å². The Labute approximate surface area is 149 Å². The molecule has 2 aliphatic rings. The largest absolute Gasteiger partial charge is 0.352 e. The summed E-state index contributed by atoms with van der Waals surface area (Å²) < 4.78 is 0. The van der Waals surface area contributed by atoms with Crippen molar-refractivity contribution in [3.8, 4) is 0 Å². The molecule has 2 N–H and O–H groups in total. The summed E-state index contributed by atoms with van der Waals surface area (Å²) in [5.41, 5.74) is 2.34. The summed E-state index contributed by atoms with van der Waals surface area (Å²) in [6, 6.07) is 8.20. The molecule has 2 heterocycles. The minimum Gasteiger partial charge on any atom is -0.352 e. The number of rotatable bonds is 4. The maximum Gasteiger partial charge on any atom is 0.228 e. The van der Waals surface area contributed by atoms with Crippen molar-refractivity contribution in [1.29, 1.82) is 0 Å². The fourth-order valence-corrected chi connectivity index (χ4v) is 3.12. The van der Waals surface area contributed by atoms with Crippen LogP contribution in [-0.2, 0) is 16.1 Å². The number of piperidine rings is 1. The van der Waals surface area contributed by atoms with Gasteiger partial charge in [-0.25, -0.2) is 0 Å². The molecular weight excluding hydrogens is 326 g/mol. The Morgan fingerprint density at radius 1 is 1.12 bits per heavy atom. The third-order valence-corrected chi connectivity index (χ3v) is 4.90. The molecule has 132 valence electrons. The molecule has 1 aromatic rings. The molecule has 2 fully saturated rings. The average molecular weight is 352 g/mol. The van der Waals surface area contributed by atoms with Gasteiger partial charge >= 0.3 is 0 Å². The maximum atomic E-state index is 12.3. The van der Waals surface area contributed by atoms with Crippen molar-refractivity contribution < 1.29 is 9.59 Å². The second-order valence-electron chi connectivity index (χ2n) is 6.66. The van der Waals surface area contributed by atoms with Crippen molar-refractivity contribution in [2.45, 2.75) is 26.3 Å². The van der Waals surface area contributed by atoms with E-state index < -0.39 is 0 Å². The zero-order chi connectivity index (χ0) is 16.2. The topological polar surface area (TPSA) is 61.4 Å². The van der Waals surface area contributed by atoms with Crippen LogP contribution < -0.4 is 10.6 Å². The van der Waals surface area contributed by atoms with Crippen molar-refractivity contribution in [1.82, 2.24) is 15.5 Å². The molecule has 6 heteroatoms.